The van der Waals surface area contributed by atoms with Crippen LogP contribution in [0.5, 0.6) is 5.75 Å². The van der Waals surface area contributed by atoms with Crippen molar-refractivity contribution in [2.45, 2.75) is 25.5 Å². The Balaban J connectivity index is 1.55. The monoisotopic (exact) mass is 232 g/mol. The van der Waals surface area contributed by atoms with Crippen LogP contribution in [0.25, 0.3) is 0 Å². The average Bonchev–Trinajstić information content (AvgIpc) is 3.17. The quantitative estimate of drug-likeness (QED) is 0.854. The first-order chi connectivity index (χ1) is 8.40. The maximum absolute atomic E-state index is 5.75. The molecule has 1 aliphatic heterocycles. The Labute approximate surface area is 103 Å². The van der Waals surface area contributed by atoms with Crippen molar-refractivity contribution >= 4 is 0 Å². The summed E-state index contributed by atoms with van der Waals surface area (Å²) in [5.41, 5.74) is 1.38. The van der Waals surface area contributed by atoms with E-state index >= 15 is 0 Å². The molecule has 92 valence electrons. The van der Waals surface area contributed by atoms with E-state index in [9.17, 15) is 0 Å². The van der Waals surface area contributed by atoms with Gasteiger partial charge < -0.3 is 10.1 Å². The Morgan fingerprint density at radius 3 is 2.47 bits per heavy atom. The molecule has 0 atom stereocenters. The number of piperazine rings is 1. The van der Waals surface area contributed by atoms with Gasteiger partial charge in [0.25, 0.3) is 0 Å². The third kappa shape index (κ3) is 3.20. The van der Waals surface area contributed by atoms with E-state index in [0.717, 1.165) is 38.5 Å². The van der Waals surface area contributed by atoms with Gasteiger partial charge in [-0.1, -0.05) is 12.1 Å². The highest BCUT2D eigenvalue weighted by Gasteiger charge is 2.23. The number of hydrogen-bond donors (Lipinski definition) is 1. The molecule has 0 radical (unpaired) electrons. The second kappa shape index (κ2) is 5.07. The van der Waals surface area contributed by atoms with Gasteiger partial charge in [-0.3, -0.25) is 4.90 Å². The Bertz CT molecular complexity index is 353. The van der Waals surface area contributed by atoms with Crippen molar-refractivity contribution in [2.75, 3.05) is 26.2 Å². The van der Waals surface area contributed by atoms with Gasteiger partial charge in [0.1, 0.15) is 5.75 Å². The molecule has 1 heterocycles. The molecular formula is C14H20N2O. The zero-order chi connectivity index (χ0) is 11.5. The molecule has 3 heteroatoms. The van der Waals surface area contributed by atoms with E-state index in [0.29, 0.717) is 6.10 Å². The molecule has 3 rings (SSSR count). The van der Waals surface area contributed by atoms with Gasteiger partial charge in [-0.25, -0.2) is 0 Å². The van der Waals surface area contributed by atoms with E-state index in [2.05, 4.69) is 34.5 Å². The fourth-order valence-corrected chi connectivity index (χ4v) is 2.18. The van der Waals surface area contributed by atoms with E-state index in [4.69, 9.17) is 4.74 Å². The van der Waals surface area contributed by atoms with Crippen molar-refractivity contribution in [3.8, 4) is 5.75 Å². The van der Waals surface area contributed by atoms with Crippen molar-refractivity contribution in [2.24, 2.45) is 0 Å². The van der Waals surface area contributed by atoms with Crippen molar-refractivity contribution in [3.05, 3.63) is 29.8 Å². The van der Waals surface area contributed by atoms with Crippen molar-refractivity contribution in [1.29, 1.82) is 0 Å². The summed E-state index contributed by atoms with van der Waals surface area (Å²) in [4.78, 5) is 2.49. The summed E-state index contributed by atoms with van der Waals surface area (Å²) < 4.78 is 5.75. The van der Waals surface area contributed by atoms with Crippen LogP contribution in [0.2, 0.25) is 0 Å². The first kappa shape index (κ1) is 11.1. The van der Waals surface area contributed by atoms with Crippen molar-refractivity contribution in [3.63, 3.8) is 0 Å². The molecule has 3 nitrogen and oxygen atoms in total. The number of ether oxygens (including phenoxy) is 1. The lowest BCUT2D eigenvalue weighted by atomic mass is 10.2. The lowest BCUT2D eigenvalue weighted by molar-refractivity contribution is 0.233. The predicted molar refractivity (Wildman–Crippen MR) is 68.2 cm³/mol. The molecule has 17 heavy (non-hydrogen) atoms. The molecule has 0 spiro atoms. The van der Waals surface area contributed by atoms with Crippen LogP contribution in [0, 0.1) is 0 Å². The zero-order valence-corrected chi connectivity index (χ0v) is 10.2. The van der Waals surface area contributed by atoms with Gasteiger partial charge in [-0.2, -0.15) is 0 Å². The number of nitrogens with one attached hydrogen (secondary N) is 1. The Morgan fingerprint density at radius 1 is 1.12 bits per heavy atom. The van der Waals surface area contributed by atoms with Crippen LogP contribution in [0.15, 0.2) is 24.3 Å². The second-order valence-electron chi connectivity index (χ2n) is 4.99. The number of nitrogens with zero attached hydrogens (tertiary/aromatic N) is 1. The normalized spacial score (nSPS) is 21.4. The fourth-order valence-electron chi connectivity index (χ4n) is 2.18. The molecule has 0 aromatic heterocycles. The largest absolute Gasteiger partial charge is 0.490 e. The highest BCUT2D eigenvalue weighted by molar-refractivity contribution is 5.27. The highest BCUT2D eigenvalue weighted by Crippen LogP contribution is 2.26. The summed E-state index contributed by atoms with van der Waals surface area (Å²) in [5, 5.41) is 3.38. The van der Waals surface area contributed by atoms with Crippen LogP contribution in [0.3, 0.4) is 0 Å². The summed E-state index contributed by atoms with van der Waals surface area (Å²) in [6.45, 7) is 5.60. The maximum Gasteiger partial charge on any atom is 0.119 e. The Hall–Kier alpha value is -1.06. The van der Waals surface area contributed by atoms with E-state index in [-0.39, 0.29) is 0 Å². The van der Waals surface area contributed by atoms with Crippen LogP contribution < -0.4 is 10.1 Å². The predicted octanol–water partition coefficient (Wildman–Crippen LogP) is 1.63. The summed E-state index contributed by atoms with van der Waals surface area (Å²) in [5.74, 6) is 1.02. The Kier molecular flexibility index (Phi) is 3.29. The molecule has 0 bridgehead atoms. The molecular weight excluding hydrogens is 212 g/mol. The molecule has 1 saturated heterocycles. The standard InChI is InChI=1S/C14H20N2O/c1-3-13(17-14-5-6-14)4-2-12(1)11-16-9-7-15-8-10-16/h1-4,14-15H,5-11H2. The lowest BCUT2D eigenvalue weighted by Crippen LogP contribution is -2.42. The highest BCUT2D eigenvalue weighted by atomic mass is 16.5. The summed E-state index contributed by atoms with van der Waals surface area (Å²) in [7, 11) is 0. The van der Waals surface area contributed by atoms with Crippen LogP contribution in [-0.4, -0.2) is 37.2 Å². The molecule has 1 aromatic carbocycles. The third-order valence-electron chi connectivity index (χ3n) is 3.37. The number of hydrogen-bond acceptors (Lipinski definition) is 3. The molecule has 1 saturated carbocycles. The first-order valence-electron chi connectivity index (χ1n) is 6.59. The van der Waals surface area contributed by atoms with Gasteiger partial charge >= 0.3 is 0 Å². The van der Waals surface area contributed by atoms with Crippen LogP contribution in [0.1, 0.15) is 18.4 Å². The molecule has 1 aliphatic carbocycles. The van der Waals surface area contributed by atoms with Gasteiger partial charge in [-0.15, -0.1) is 0 Å². The lowest BCUT2D eigenvalue weighted by Gasteiger charge is -2.27. The molecule has 2 fully saturated rings. The minimum Gasteiger partial charge on any atom is -0.490 e. The van der Waals surface area contributed by atoms with Crippen molar-refractivity contribution < 1.29 is 4.74 Å². The maximum atomic E-state index is 5.75. The summed E-state index contributed by atoms with van der Waals surface area (Å²) in [6.07, 6.45) is 2.94. The molecule has 2 aliphatic rings. The van der Waals surface area contributed by atoms with Crippen LogP contribution >= 0.6 is 0 Å². The molecule has 1 N–H and O–H groups in total. The van der Waals surface area contributed by atoms with Crippen LogP contribution in [-0.2, 0) is 6.54 Å². The van der Waals surface area contributed by atoms with Gasteiger partial charge in [0.2, 0.25) is 0 Å². The number of rotatable bonds is 4. The van der Waals surface area contributed by atoms with Gasteiger partial charge in [0, 0.05) is 32.7 Å². The minimum atomic E-state index is 0.494. The topological polar surface area (TPSA) is 24.5 Å². The van der Waals surface area contributed by atoms with Crippen LogP contribution in [0.4, 0.5) is 0 Å². The van der Waals surface area contributed by atoms with Gasteiger partial charge in [-0.05, 0) is 30.5 Å². The molecule has 0 unspecified atom stereocenters. The second-order valence-corrected chi connectivity index (χ2v) is 4.99. The SMILES string of the molecule is c1cc(OC2CC2)ccc1CN1CCNCC1. The third-order valence-corrected chi connectivity index (χ3v) is 3.37. The average molecular weight is 232 g/mol. The molecule has 1 aromatic rings. The van der Waals surface area contributed by atoms with E-state index in [1.165, 1.54) is 18.4 Å². The summed E-state index contributed by atoms with van der Waals surface area (Å²) in [6, 6.07) is 8.60. The smallest absolute Gasteiger partial charge is 0.119 e. The van der Waals surface area contributed by atoms with E-state index < -0.39 is 0 Å². The fraction of sp³-hybridized carbons (Fsp3) is 0.571. The van der Waals surface area contributed by atoms with E-state index in [1.807, 2.05) is 0 Å². The first-order valence-corrected chi connectivity index (χ1v) is 6.59. The Morgan fingerprint density at radius 2 is 1.82 bits per heavy atom. The van der Waals surface area contributed by atoms with Gasteiger partial charge in [0.05, 0.1) is 6.10 Å². The minimum absolute atomic E-state index is 0.494. The molecule has 0 amide bonds. The van der Waals surface area contributed by atoms with Gasteiger partial charge in [0.15, 0.2) is 0 Å². The summed E-state index contributed by atoms with van der Waals surface area (Å²) >= 11 is 0. The number of benzene rings is 1. The zero-order valence-electron chi connectivity index (χ0n) is 10.2. The van der Waals surface area contributed by atoms with E-state index in [1.54, 1.807) is 0 Å². The van der Waals surface area contributed by atoms with Crippen molar-refractivity contribution in [1.82, 2.24) is 10.2 Å².